The number of nitrogens with zero attached hydrogens (tertiary/aromatic N) is 2. The minimum absolute atomic E-state index is 0.0219. The Morgan fingerprint density at radius 3 is 2.93 bits per heavy atom. The van der Waals surface area contributed by atoms with Crippen molar-refractivity contribution < 1.29 is 9.59 Å². The Bertz CT molecular complexity index is 1060. The summed E-state index contributed by atoms with van der Waals surface area (Å²) < 4.78 is 0. The van der Waals surface area contributed by atoms with Crippen LogP contribution in [0.15, 0.2) is 48.0 Å². The molecule has 1 N–H and O–H groups in total. The van der Waals surface area contributed by atoms with E-state index in [1.165, 1.54) is 22.7 Å². The molecule has 2 aromatic heterocycles. The van der Waals surface area contributed by atoms with Gasteiger partial charge in [0.15, 0.2) is 0 Å². The Morgan fingerprint density at radius 1 is 1.25 bits per heavy atom. The number of thiophene rings is 1. The molecule has 142 valence electrons. The molecule has 1 aromatic carbocycles. The second kappa shape index (κ2) is 7.73. The van der Waals surface area contributed by atoms with Gasteiger partial charge in [0.25, 0.3) is 11.8 Å². The van der Waals surface area contributed by atoms with Gasteiger partial charge in [-0.15, -0.1) is 11.3 Å². The molecule has 0 unspecified atom stereocenters. The SMILES string of the molecule is Cc1c(NC(=O)c2cc(Cl)ccn2)cccc1C(=O)N1CCc2sccc2C1. The number of aromatic nitrogens is 1. The summed E-state index contributed by atoms with van der Waals surface area (Å²) in [6.07, 6.45) is 2.37. The number of pyridine rings is 1. The van der Waals surface area contributed by atoms with Gasteiger partial charge >= 0.3 is 0 Å². The van der Waals surface area contributed by atoms with Gasteiger partial charge < -0.3 is 10.2 Å². The maximum Gasteiger partial charge on any atom is 0.274 e. The quantitative estimate of drug-likeness (QED) is 0.687. The molecule has 0 fully saturated rings. The average molecular weight is 412 g/mol. The molecule has 0 radical (unpaired) electrons. The summed E-state index contributed by atoms with van der Waals surface area (Å²) in [5.74, 6) is -0.387. The van der Waals surface area contributed by atoms with Gasteiger partial charge in [-0.3, -0.25) is 14.6 Å². The Kier molecular flexibility index (Phi) is 5.15. The van der Waals surface area contributed by atoms with E-state index in [0.29, 0.717) is 29.4 Å². The molecule has 3 aromatic rings. The van der Waals surface area contributed by atoms with E-state index in [2.05, 4.69) is 21.7 Å². The zero-order valence-electron chi connectivity index (χ0n) is 15.2. The maximum absolute atomic E-state index is 13.1. The van der Waals surface area contributed by atoms with Crippen molar-refractivity contribution >= 4 is 40.4 Å². The first kappa shape index (κ1) is 18.7. The number of carbonyl (C=O) groups is 2. The standard InChI is InChI=1S/C21H18ClN3O2S/c1-13-16(21(27)25-9-6-19-14(12-25)7-10-28-19)3-2-4-17(13)24-20(26)18-11-15(22)5-8-23-18/h2-5,7-8,10-11H,6,9,12H2,1H3,(H,24,26). The minimum Gasteiger partial charge on any atom is -0.334 e. The monoisotopic (exact) mass is 411 g/mol. The lowest BCUT2D eigenvalue weighted by Crippen LogP contribution is -2.35. The molecule has 5 nitrogen and oxygen atoms in total. The number of anilines is 1. The number of rotatable bonds is 3. The number of fused-ring (bicyclic) bond motifs is 1. The van der Waals surface area contributed by atoms with Crippen molar-refractivity contribution in [3.05, 3.63) is 80.3 Å². The predicted molar refractivity (Wildman–Crippen MR) is 111 cm³/mol. The molecule has 0 atom stereocenters. The van der Waals surface area contributed by atoms with Gasteiger partial charge in [-0.05, 0) is 60.2 Å². The van der Waals surface area contributed by atoms with Crippen molar-refractivity contribution in [3.8, 4) is 0 Å². The summed E-state index contributed by atoms with van der Waals surface area (Å²) >= 11 is 7.68. The number of halogens is 1. The fraction of sp³-hybridized carbons (Fsp3) is 0.190. The Morgan fingerprint density at radius 2 is 2.11 bits per heavy atom. The van der Waals surface area contributed by atoms with Crippen LogP contribution in [0.4, 0.5) is 5.69 Å². The van der Waals surface area contributed by atoms with Crippen molar-refractivity contribution in [3.63, 3.8) is 0 Å². The van der Waals surface area contributed by atoms with E-state index in [0.717, 1.165) is 12.0 Å². The Labute approximate surface area is 172 Å². The predicted octanol–water partition coefficient (Wildman–Crippen LogP) is 4.56. The number of benzene rings is 1. The second-order valence-electron chi connectivity index (χ2n) is 6.64. The van der Waals surface area contributed by atoms with Crippen LogP contribution in [-0.2, 0) is 13.0 Å². The summed E-state index contributed by atoms with van der Waals surface area (Å²) in [5, 5.41) is 5.35. The summed E-state index contributed by atoms with van der Waals surface area (Å²) in [6.45, 7) is 3.17. The zero-order chi connectivity index (χ0) is 19.7. The molecule has 0 aliphatic carbocycles. The van der Waals surface area contributed by atoms with Gasteiger partial charge in [0, 0.05) is 40.4 Å². The molecule has 28 heavy (non-hydrogen) atoms. The van der Waals surface area contributed by atoms with E-state index in [1.807, 2.05) is 11.8 Å². The number of carbonyl (C=O) groups excluding carboxylic acids is 2. The molecule has 0 saturated carbocycles. The van der Waals surface area contributed by atoms with Crippen LogP contribution in [0, 0.1) is 6.92 Å². The largest absolute Gasteiger partial charge is 0.334 e. The highest BCUT2D eigenvalue weighted by Crippen LogP contribution is 2.27. The van der Waals surface area contributed by atoms with E-state index in [9.17, 15) is 9.59 Å². The third-order valence-corrected chi connectivity index (χ3v) is 6.12. The fourth-order valence-electron chi connectivity index (χ4n) is 3.31. The van der Waals surface area contributed by atoms with E-state index in [4.69, 9.17) is 11.6 Å². The normalized spacial score (nSPS) is 13.1. The highest BCUT2D eigenvalue weighted by Gasteiger charge is 2.24. The van der Waals surface area contributed by atoms with Crippen LogP contribution >= 0.6 is 22.9 Å². The van der Waals surface area contributed by atoms with Crippen molar-refractivity contribution in [2.75, 3.05) is 11.9 Å². The van der Waals surface area contributed by atoms with Crippen LogP contribution in [0.1, 0.15) is 36.9 Å². The topological polar surface area (TPSA) is 62.3 Å². The molecule has 4 rings (SSSR count). The lowest BCUT2D eigenvalue weighted by molar-refractivity contribution is 0.0735. The van der Waals surface area contributed by atoms with Gasteiger partial charge in [-0.25, -0.2) is 0 Å². The molecule has 0 saturated heterocycles. The maximum atomic E-state index is 13.1. The molecular formula is C21H18ClN3O2S. The van der Waals surface area contributed by atoms with E-state index in [1.54, 1.807) is 35.6 Å². The number of amides is 2. The summed E-state index contributed by atoms with van der Waals surface area (Å²) in [5.41, 5.74) is 3.36. The van der Waals surface area contributed by atoms with Crippen molar-refractivity contribution in [2.45, 2.75) is 19.9 Å². The second-order valence-corrected chi connectivity index (χ2v) is 8.07. The molecular weight excluding hydrogens is 394 g/mol. The van der Waals surface area contributed by atoms with E-state index in [-0.39, 0.29) is 17.5 Å². The summed E-state index contributed by atoms with van der Waals surface area (Å²) in [7, 11) is 0. The molecule has 7 heteroatoms. The number of hydrogen-bond acceptors (Lipinski definition) is 4. The van der Waals surface area contributed by atoms with E-state index >= 15 is 0 Å². The van der Waals surface area contributed by atoms with Gasteiger partial charge in [-0.2, -0.15) is 0 Å². The van der Waals surface area contributed by atoms with Crippen LogP contribution in [-0.4, -0.2) is 28.2 Å². The first-order chi connectivity index (χ1) is 13.5. The first-order valence-corrected chi connectivity index (χ1v) is 10.2. The van der Waals surface area contributed by atoms with Gasteiger partial charge in [0.05, 0.1) is 0 Å². The fourth-order valence-corrected chi connectivity index (χ4v) is 4.36. The summed E-state index contributed by atoms with van der Waals surface area (Å²) in [4.78, 5) is 32.8. The van der Waals surface area contributed by atoms with Crippen LogP contribution in [0.2, 0.25) is 5.02 Å². The molecule has 0 spiro atoms. The Hall–Kier alpha value is -2.70. The van der Waals surface area contributed by atoms with Crippen LogP contribution in [0.25, 0.3) is 0 Å². The zero-order valence-corrected chi connectivity index (χ0v) is 16.8. The number of hydrogen-bond donors (Lipinski definition) is 1. The minimum atomic E-state index is -0.365. The van der Waals surface area contributed by atoms with Crippen LogP contribution < -0.4 is 5.32 Å². The van der Waals surface area contributed by atoms with Crippen molar-refractivity contribution in [2.24, 2.45) is 0 Å². The van der Waals surface area contributed by atoms with Crippen LogP contribution in [0.3, 0.4) is 0 Å². The lowest BCUT2D eigenvalue weighted by atomic mass is 10.0. The average Bonchev–Trinajstić information content (AvgIpc) is 3.17. The molecule has 3 heterocycles. The van der Waals surface area contributed by atoms with Gasteiger partial charge in [0.2, 0.25) is 0 Å². The molecule has 1 aliphatic rings. The molecule has 2 amide bonds. The van der Waals surface area contributed by atoms with Crippen molar-refractivity contribution in [1.82, 2.24) is 9.88 Å². The molecule has 1 aliphatic heterocycles. The third kappa shape index (κ3) is 3.66. The summed E-state index contributed by atoms with van der Waals surface area (Å²) in [6, 6.07) is 10.6. The lowest BCUT2D eigenvalue weighted by Gasteiger charge is -2.28. The first-order valence-electron chi connectivity index (χ1n) is 8.90. The third-order valence-electron chi connectivity index (χ3n) is 4.86. The highest BCUT2D eigenvalue weighted by atomic mass is 35.5. The van der Waals surface area contributed by atoms with Crippen LogP contribution in [0.5, 0.6) is 0 Å². The van der Waals surface area contributed by atoms with Gasteiger partial charge in [-0.1, -0.05) is 17.7 Å². The highest BCUT2D eigenvalue weighted by molar-refractivity contribution is 7.10. The van der Waals surface area contributed by atoms with Gasteiger partial charge in [0.1, 0.15) is 5.69 Å². The molecule has 0 bridgehead atoms. The van der Waals surface area contributed by atoms with E-state index < -0.39 is 0 Å². The van der Waals surface area contributed by atoms with Crippen molar-refractivity contribution in [1.29, 1.82) is 0 Å². The Balaban J connectivity index is 1.55. The smallest absolute Gasteiger partial charge is 0.274 e. The number of nitrogens with one attached hydrogen (secondary N) is 1.